The summed E-state index contributed by atoms with van der Waals surface area (Å²) in [5, 5.41) is 2.16. The van der Waals surface area contributed by atoms with Crippen molar-refractivity contribution in [2.24, 2.45) is 11.7 Å². The molecule has 2 nitrogen and oxygen atoms in total. The summed E-state index contributed by atoms with van der Waals surface area (Å²) in [6.07, 6.45) is 5.56. The SMILES string of the molecule is CCN(Cc1cccs1)C(CN)C1CCCC1. The van der Waals surface area contributed by atoms with E-state index in [4.69, 9.17) is 5.73 Å². The van der Waals surface area contributed by atoms with Crippen molar-refractivity contribution in [1.82, 2.24) is 4.90 Å². The quantitative estimate of drug-likeness (QED) is 0.843. The van der Waals surface area contributed by atoms with Crippen LogP contribution >= 0.6 is 11.3 Å². The predicted octanol–water partition coefficient (Wildman–Crippen LogP) is 3.09. The highest BCUT2D eigenvalue weighted by Crippen LogP contribution is 2.30. The molecule has 2 rings (SSSR count). The standard InChI is InChI=1S/C14H24N2S/c1-2-16(11-13-8-5-9-17-13)14(10-15)12-6-3-4-7-12/h5,8-9,12,14H,2-4,6-7,10-11,15H2,1H3. The Hall–Kier alpha value is -0.380. The Morgan fingerprint density at radius 3 is 2.76 bits per heavy atom. The van der Waals surface area contributed by atoms with E-state index in [1.54, 1.807) is 0 Å². The van der Waals surface area contributed by atoms with Crippen LogP contribution in [0.25, 0.3) is 0 Å². The average Bonchev–Trinajstić information content (AvgIpc) is 3.00. The van der Waals surface area contributed by atoms with E-state index in [0.717, 1.165) is 25.6 Å². The second kappa shape index (κ2) is 6.53. The molecule has 1 heterocycles. The Morgan fingerprint density at radius 2 is 2.24 bits per heavy atom. The van der Waals surface area contributed by atoms with E-state index in [1.165, 1.54) is 30.6 Å². The fraction of sp³-hybridized carbons (Fsp3) is 0.714. The van der Waals surface area contributed by atoms with Crippen molar-refractivity contribution in [2.75, 3.05) is 13.1 Å². The minimum Gasteiger partial charge on any atom is -0.329 e. The van der Waals surface area contributed by atoms with Gasteiger partial charge in [-0.1, -0.05) is 25.8 Å². The van der Waals surface area contributed by atoms with Gasteiger partial charge in [-0.2, -0.15) is 0 Å². The van der Waals surface area contributed by atoms with Gasteiger partial charge in [0, 0.05) is 24.0 Å². The van der Waals surface area contributed by atoms with Gasteiger partial charge in [0.25, 0.3) is 0 Å². The third-order valence-electron chi connectivity index (χ3n) is 4.00. The van der Waals surface area contributed by atoms with Gasteiger partial charge in [0.1, 0.15) is 0 Å². The molecule has 0 aromatic carbocycles. The van der Waals surface area contributed by atoms with E-state index >= 15 is 0 Å². The Labute approximate surface area is 109 Å². The number of hydrogen-bond acceptors (Lipinski definition) is 3. The smallest absolute Gasteiger partial charge is 0.0331 e. The Balaban J connectivity index is 1.99. The molecule has 1 atom stereocenters. The first-order valence-corrected chi connectivity index (χ1v) is 7.69. The van der Waals surface area contributed by atoms with Gasteiger partial charge in [0.15, 0.2) is 0 Å². The van der Waals surface area contributed by atoms with Gasteiger partial charge >= 0.3 is 0 Å². The first-order valence-electron chi connectivity index (χ1n) is 6.81. The van der Waals surface area contributed by atoms with Crippen LogP contribution < -0.4 is 5.73 Å². The Morgan fingerprint density at radius 1 is 1.47 bits per heavy atom. The Bertz CT molecular complexity index is 304. The lowest BCUT2D eigenvalue weighted by molar-refractivity contribution is 0.147. The van der Waals surface area contributed by atoms with Crippen LogP contribution in [0.4, 0.5) is 0 Å². The second-order valence-electron chi connectivity index (χ2n) is 4.99. The molecule has 0 amide bonds. The fourth-order valence-electron chi connectivity index (χ4n) is 3.05. The molecule has 1 unspecified atom stereocenters. The van der Waals surface area contributed by atoms with Crippen molar-refractivity contribution in [3.63, 3.8) is 0 Å². The van der Waals surface area contributed by atoms with Crippen molar-refractivity contribution < 1.29 is 0 Å². The first-order chi connectivity index (χ1) is 8.35. The maximum atomic E-state index is 6.02. The van der Waals surface area contributed by atoms with E-state index in [-0.39, 0.29) is 0 Å². The molecule has 96 valence electrons. The molecule has 3 heteroatoms. The van der Waals surface area contributed by atoms with Gasteiger partial charge in [-0.3, -0.25) is 4.90 Å². The molecule has 17 heavy (non-hydrogen) atoms. The summed E-state index contributed by atoms with van der Waals surface area (Å²) in [5.74, 6) is 0.833. The second-order valence-corrected chi connectivity index (χ2v) is 6.02. The molecule has 2 N–H and O–H groups in total. The molecular formula is C14H24N2S. The molecule has 0 bridgehead atoms. The summed E-state index contributed by atoms with van der Waals surface area (Å²) in [6.45, 7) is 5.25. The molecule has 1 fully saturated rings. The van der Waals surface area contributed by atoms with E-state index in [0.29, 0.717) is 6.04 Å². The van der Waals surface area contributed by atoms with Gasteiger partial charge in [-0.25, -0.2) is 0 Å². The van der Waals surface area contributed by atoms with Gasteiger partial charge < -0.3 is 5.73 Å². The highest BCUT2D eigenvalue weighted by molar-refractivity contribution is 7.09. The summed E-state index contributed by atoms with van der Waals surface area (Å²) in [7, 11) is 0. The van der Waals surface area contributed by atoms with E-state index in [2.05, 4.69) is 29.3 Å². The van der Waals surface area contributed by atoms with Crippen LogP contribution in [0.1, 0.15) is 37.5 Å². The topological polar surface area (TPSA) is 29.3 Å². The van der Waals surface area contributed by atoms with Crippen LogP contribution in [-0.2, 0) is 6.54 Å². The summed E-state index contributed by atoms with van der Waals surface area (Å²) in [6, 6.07) is 4.96. The van der Waals surface area contributed by atoms with Gasteiger partial charge in [-0.15, -0.1) is 11.3 Å². The molecule has 1 aromatic rings. The van der Waals surface area contributed by atoms with Gasteiger partial charge in [0.05, 0.1) is 0 Å². The monoisotopic (exact) mass is 252 g/mol. The summed E-state index contributed by atoms with van der Waals surface area (Å²) in [5.41, 5.74) is 6.02. The fourth-order valence-corrected chi connectivity index (χ4v) is 3.78. The third-order valence-corrected chi connectivity index (χ3v) is 4.86. The maximum absolute atomic E-state index is 6.02. The minimum atomic E-state index is 0.588. The largest absolute Gasteiger partial charge is 0.329 e. The zero-order chi connectivity index (χ0) is 12.1. The number of hydrogen-bond donors (Lipinski definition) is 1. The zero-order valence-corrected chi connectivity index (χ0v) is 11.6. The normalized spacial score (nSPS) is 19.0. The molecule has 1 aliphatic rings. The lowest BCUT2D eigenvalue weighted by Gasteiger charge is -2.33. The minimum absolute atomic E-state index is 0.588. The summed E-state index contributed by atoms with van der Waals surface area (Å²) < 4.78 is 0. The van der Waals surface area contributed by atoms with Crippen LogP contribution in [0.3, 0.4) is 0 Å². The zero-order valence-electron chi connectivity index (χ0n) is 10.8. The lowest BCUT2D eigenvalue weighted by atomic mass is 9.96. The summed E-state index contributed by atoms with van der Waals surface area (Å²) in [4.78, 5) is 4.03. The molecule has 1 saturated carbocycles. The van der Waals surface area contributed by atoms with E-state index in [1.807, 2.05) is 11.3 Å². The lowest BCUT2D eigenvalue weighted by Crippen LogP contribution is -2.44. The summed E-state index contributed by atoms with van der Waals surface area (Å²) >= 11 is 1.85. The van der Waals surface area contributed by atoms with Gasteiger partial charge in [-0.05, 0) is 36.8 Å². The highest BCUT2D eigenvalue weighted by Gasteiger charge is 2.28. The van der Waals surface area contributed by atoms with Gasteiger partial charge in [0.2, 0.25) is 0 Å². The first kappa shape index (κ1) is 13.1. The van der Waals surface area contributed by atoms with Crippen LogP contribution in [0, 0.1) is 5.92 Å². The van der Waals surface area contributed by atoms with Crippen molar-refractivity contribution >= 4 is 11.3 Å². The molecule has 1 aliphatic carbocycles. The molecule has 0 saturated heterocycles. The molecule has 0 spiro atoms. The molecule has 1 aromatic heterocycles. The molecule has 0 aliphatic heterocycles. The maximum Gasteiger partial charge on any atom is 0.0331 e. The number of rotatable bonds is 6. The number of likely N-dealkylation sites (N-methyl/N-ethyl adjacent to an activating group) is 1. The van der Waals surface area contributed by atoms with Crippen molar-refractivity contribution in [3.8, 4) is 0 Å². The van der Waals surface area contributed by atoms with Crippen molar-refractivity contribution in [3.05, 3.63) is 22.4 Å². The average molecular weight is 252 g/mol. The molecular weight excluding hydrogens is 228 g/mol. The van der Waals surface area contributed by atoms with Crippen LogP contribution in [0.2, 0.25) is 0 Å². The van der Waals surface area contributed by atoms with Crippen LogP contribution in [-0.4, -0.2) is 24.0 Å². The molecule has 0 radical (unpaired) electrons. The van der Waals surface area contributed by atoms with Crippen LogP contribution in [0.5, 0.6) is 0 Å². The predicted molar refractivity (Wildman–Crippen MR) is 75.2 cm³/mol. The Kier molecular flexibility index (Phi) is 5.01. The van der Waals surface area contributed by atoms with Crippen LogP contribution in [0.15, 0.2) is 17.5 Å². The van der Waals surface area contributed by atoms with E-state index < -0.39 is 0 Å². The number of nitrogens with two attached hydrogens (primary N) is 1. The third kappa shape index (κ3) is 3.30. The highest BCUT2D eigenvalue weighted by atomic mass is 32.1. The number of thiophene rings is 1. The number of nitrogens with zero attached hydrogens (tertiary/aromatic N) is 1. The van der Waals surface area contributed by atoms with Crippen molar-refractivity contribution in [1.29, 1.82) is 0 Å². The van der Waals surface area contributed by atoms with Crippen molar-refractivity contribution in [2.45, 2.75) is 45.2 Å². The van der Waals surface area contributed by atoms with E-state index in [9.17, 15) is 0 Å².